The Labute approximate surface area is 209 Å². The molecular formula is C28H31N7O. The Kier molecular flexibility index (Phi) is 4.52. The van der Waals surface area contributed by atoms with Gasteiger partial charge >= 0.3 is 0 Å². The van der Waals surface area contributed by atoms with E-state index < -0.39 is 0 Å². The Morgan fingerprint density at radius 1 is 1.11 bits per heavy atom. The highest BCUT2D eigenvalue weighted by atomic mass is 16.1. The monoisotopic (exact) mass is 481 g/mol. The third kappa shape index (κ3) is 3.46. The van der Waals surface area contributed by atoms with E-state index in [9.17, 15) is 4.79 Å². The van der Waals surface area contributed by atoms with Crippen molar-refractivity contribution in [3.63, 3.8) is 0 Å². The second-order valence-electron chi connectivity index (χ2n) is 11.5. The SMILES string of the molecule is CC(C)(C)c1cc(-n2c3nc(Nc4ccc5c(c4)CCNC54CC4)ncc3c(=O)n2C2CC2)ccn1. The molecule has 8 nitrogen and oxygen atoms in total. The standard InChI is InChI=1S/C28H31N7O/c1-27(2,3)23-15-20(9-12-29-23)34-24-21(25(36)35(34)19-5-6-19)16-30-26(33-24)32-18-4-7-22-17(14-18)8-13-31-28(22)10-11-28/h4,7,9,12,14-16,19,31H,5-6,8,10-11,13H2,1-3H3,(H,30,32,33). The van der Waals surface area contributed by atoms with Gasteiger partial charge < -0.3 is 10.6 Å². The Morgan fingerprint density at radius 2 is 1.94 bits per heavy atom. The molecule has 7 rings (SSSR count). The van der Waals surface area contributed by atoms with E-state index in [1.54, 1.807) is 6.20 Å². The van der Waals surface area contributed by atoms with E-state index in [0.717, 1.165) is 42.9 Å². The van der Waals surface area contributed by atoms with E-state index in [0.29, 0.717) is 17.0 Å². The highest BCUT2D eigenvalue weighted by Gasteiger charge is 2.46. The molecule has 0 atom stereocenters. The summed E-state index contributed by atoms with van der Waals surface area (Å²) in [7, 11) is 0. The van der Waals surface area contributed by atoms with Crippen molar-refractivity contribution < 1.29 is 0 Å². The lowest BCUT2D eigenvalue weighted by Gasteiger charge is -2.27. The lowest BCUT2D eigenvalue weighted by Crippen LogP contribution is -2.36. The van der Waals surface area contributed by atoms with Crippen molar-refractivity contribution in [2.45, 2.75) is 69.9 Å². The minimum absolute atomic E-state index is 0.0378. The average Bonchev–Trinajstić information content (AvgIpc) is 3.79. The maximum absolute atomic E-state index is 13.4. The van der Waals surface area contributed by atoms with Gasteiger partial charge in [0.2, 0.25) is 5.95 Å². The van der Waals surface area contributed by atoms with Gasteiger partial charge in [0.1, 0.15) is 5.39 Å². The molecule has 36 heavy (non-hydrogen) atoms. The van der Waals surface area contributed by atoms with Crippen LogP contribution in [0.15, 0.2) is 47.5 Å². The highest BCUT2D eigenvalue weighted by Crippen LogP contribution is 2.49. The number of anilines is 2. The smallest absolute Gasteiger partial charge is 0.278 e. The lowest BCUT2D eigenvalue weighted by atomic mass is 9.91. The number of aromatic nitrogens is 5. The van der Waals surface area contributed by atoms with E-state index in [2.05, 4.69) is 65.6 Å². The van der Waals surface area contributed by atoms with E-state index in [1.165, 1.54) is 24.0 Å². The molecule has 2 fully saturated rings. The summed E-state index contributed by atoms with van der Waals surface area (Å²) in [5, 5.41) is 7.63. The second kappa shape index (κ2) is 7.49. The fourth-order valence-electron chi connectivity index (χ4n) is 5.49. The summed E-state index contributed by atoms with van der Waals surface area (Å²) in [6, 6.07) is 10.8. The van der Waals surface area contributed by atoms with Gasteiger partial charge in [-0.15, -0.1) is 0 Å². The van der Waals surface area contributed by atoms with Gasteiger partial charge in [-0.05, 0) is 67.5 Å². The first kappa shape index (κ1) is 21.7. The zero-order chi connectivity index (χ0) is 24.7. The summed E-state index contributed by atoms with van der Waals surface area (Å²) < 4.78 is 3.82. The Hall–Kier alpha value is -3.52. The van der Waals surface area contributed by atoms with Gasteiger partial charge in [-0.2, -0.15) is 4.98 Å². The summed E-state index contributed by atoms with van der Waals surface area (Å²) in [5.41, 5.74) is 6.35. The summed E-state index contributed by atoms with van der Waals surface area (Å²) in [6.45, 7) is 7.45. The molecule has 4 heterocycles. The molecule has 2 N–H and O–H groups in total. The first-order valence-corrected chi connectivity index (χ1v) is 13.0. The molecule has 2 aliphatic carbocycles. The molecule has 3 aliphatic rings. The van der Waals surface area contributed by atoms with Crippen LogP contribution in [0.4, 0.5) is 11.6 Å². The zero-order valence-electron chi connectivity index (χ0n) is 21.0. The fourth-order valence-corrected chi connectivity index (χ4v) is 5.49. The first-order chi connectivity index (χ1) is 17.3. The van der Waals surface area contributed by atoms with Gasteiger partial charge in [0.15, 0.2) is 5.65 Å². The number of rotatable bonds is 4. The quantitative estimate of drug-likeness (QED) is 0.447. The van der Waals surface area contributed by atoms with Crippen LogP contribution in [-0.4, -0.2) is 30.9 Å². The summed E-state index contributed by atoms with van der Waals surface area (Å²) in [5.74, 6) is 0.490. The minimum atomic E-state index is -0.105. The largest absolute Gasteiger partial charge is 0.324 e. The van der Waals surface area contributed by atoms with Crippen LogP contribution >= 0.6 is 0 Å². The van der Waals surface area contributed by atoms with Crippen LogP contribution < -0.4 is 16.2 Å². The summed E-state index contributed by atoms with van der Waals surface area (Å²) in [4.78, 5) is 27.4. The molecule has 8 heteroatoms. The van der Waals surface area contributed by atoms with E-state index in [1.807, 2.05) is 21.6 Å². The normalized spacial score (nSPS) is 18.4. The Morgan fingerprint density at radius 3 is 2.69 bits per heavy atom. The minimum Gasteiger partial charge on any atom is -0.324 e. The fraction of sp³-hybridized carbons (Fsp3) is 0.429. The molecule has 0 saturated heterocycles. The molecule has 1 spiro atoms. The molecule has 0 bridgehead atoms. The van der Waals surface area contributed by atoms with Crippen molar-refractivity contribution in [3.8, 4) is 5.69 Å². The molecule has 0 amide bonds. The molecule has 0 radical (unpaired) electrons. The van der Waals surface area contributed by atoms with Gasteiger partial charge in [-0.1, -0.05) is 26.8 Å². The molecule has 2 saturated carbocycles. The maximum atomic E-state index is 13.4. The van der Waals surface area contributed by atoms with E-state index in [4.69, 9.17) is 4.98 Å². The summed E-state index contributed by atoms with van der Waals surface area (Å²) >= 11 is 0. The van der Waals surface area contributed by atoms with Crippen molar-refractivity contribution in [2.75, 3.05) is 11.9 Å². The van der Waals surface area contributed by atoms with Crippen molar-refractivity contribution >= 4 is 22.7 Å². The Balaban J connectivity index is 1.32. The van der Waals surface area contributed by atoms with Crippen molar-refractivity contribution in [3.05, 3.63) is 69.9 Å². The predicted octanol–water partition coefficient (Wildman–Crippen LogP) is 4.49. The number of pyridine rings is 1. The molecule has 4 aromatic rings. The van der Waals surface area contributed by atoms with Crippen molar-refractivity contribution in [1.29, 1.82) is 0 Å². The van der Waals surface area contributed by atoms with E-state index >= 15 is 0 Å². The van der Waals surface area contributed by atoms with Gasteiger partial charge in [0.05, 0.1) is 11.7 Å². The third-order valence-electron chi connectivity index (χ3n) is 7.76. The highest BCUT2D eigenvalue weighted by molar-refractivity contribution is 5.77. The van der Waals surface area contributed by atoms with Crippen LogP contribution in [-0.2, 0) is 17.4 Å². The molecule has 0 unspecified atom stereocenters. The molecule has 1 aromatic carbocycles. The van der Waals surface area contributed by atoms with Crippen molar-refractivity contribution in [2.24, 2.45) is 0 Å². The first-order valence-electron chi connectivity index (χ1n) is 13.0. The van der Waals surface area contributed by atoms with E-state index in [-0.39, 0.29) is 22.6 Å². The molecule has 3 aromatic heterocycles. The third-order valence-corrected chi connectivity index (χ3v) is 7.76. The van der Waals surface area contributed by atoms with Crippen molar-refractivity contribution in [1.82, 2.24) is 29.6 Å². The number of benzene rings is 1. The van der Waals surface area contributed by atoms with Gasteiger partial charge in [0, 0.05) is 41.3 Å². The molecular weight excluding hydrogens is 450 g/mol. The zero-order valence-corrected chi connectivity index (χ0v) is 21.0. The van der Waals surface area contributed by atoms with Crippen LogP contribution in [0.1, 0.15) is 69.3 Å². The predicted molar refractivity (Wildman–Crippen MR) is 140 cm³/mol. The topological polar surface area (TPSA) is 89.7 Å². The maximum Gasteiger partial charge on any atom is 0.278 e. The molecule has 1 aliphatic heterocycles. The van der Waals surface area contributed by atoms with Crippen LogP contribution in [0.2, 0.25) is 0 Å². The van der Waals surface area contributed by atoms with Gasteiger partial charge in [-0.3, -0.25) is 9.78 Å². The Bertz CT molecular complexity index is 1570. The number of nitrogens with zero attached hydrogens (tertiary/aromatic N) is 5. The van der Waals surface area contributed by atoms with Crippen LogP contribution in [0, 0.1) is 0 Å². The summed E-state index contributed by atoms with van der Waals surface area (Å²) in [6.07, 6.45) is 8.93. The molecule has 184 valence electrons. The van der Waals surface area contributed by atoms with Crippen LogP contribution in [0.5, 0.6) is 0 Å². The van der Waals surface area contributed by atoms with Crippen LogP contribution in [0.25, 0.3) is 16.7 Å². The van der Waals surface area contributed by atoms with Crippen LogP contribution in [0.3, 0.4) is 0 Å². The van der Waals surface area contributed by atoms with Gasteiger partial charge in [-0.25, -0.2) is 14.3 Å². The second-order valence-corrected chi connectivity index (χ2v) is 11.5. The average molecular weight is 482 g/mol. The number of hydrogen-bond donors (Lipinski definition) is 2. The lowest BCUT2D eigenvalue weighted by molar-refractivity contribution is 0.490. The number of hydrogen-bond acceptors (Lipinski definition) is 6. The van der Waals surface area contributed by atoms with Gasteiger partial charge in [0.25, 0.3) is 5.56 Å². The number of nitrogens with one attached hydrogen (secondary N) is 2. The number of fused-ring (bicyclic) bond motifs is 3.